The lowest BCUT2D eigenvalue weighted by Gasteiger charge is -2.39. The van der Waals surface area contributed by atoms with Gasteiger partial charge in [-0.15, -0.1) is 0 Å². The lowest BCUT2D eigenvalue weighted by atomic mass is 9.88. The van der Waals surface area contributed by atoms with Crippen LogP contribution >= 0.6 is 0 Å². The molecule has 1 aliphatic heterocycles. The molecule has 0 aromatic carbocycles. The van der Waals surface area contributed by atoms with Gasteiger partial charge in [0.1, 0.15) is 12.2 Å². The van der Waals surface area contributed by atoms with E-state index in [-0.39, 0.29) is 54.7 Å². The number of ether oxygens (including phenoxy) is 4. The fraction of sp³-hybridized carbons (Fsp3) is 0.935. The smallest absolute Gasteiger partial charge is 0.110 e. The summed E-state index contributed by atoms with van der Waals surface area (Å²) in [5.74, 6) is 0.561. The molecule has 0 aromatic heterocycles. The molecular weight excluding hydrogens is 492 g/mol. The second-order valence-electron chi connectivity index (χ2n) is 12.6. The third-order valence-corrected chi connectivity index (χ3v) is 9.78. The lowest BCUT2D eigenvalue weighted by Crippen LogP contribution is -2.49. The molecular formula is C31H50N4O4. The first-order valence-corrected chi connectivity index (χ1v) is 16.0. The molecule has 0 saturated heterocycles. The van der Waals surface area contributed by atoms with E-state index in [9.17, 15) is 0 Å². The molecule has 5 rings (SSSR count). The van der Waals surface area contributed by atoms with Crippen molar-refractivity contribution in [2.75, 3.05) is 13.2 Å². The molecule has 0 radical (unpaired) electrons. The van der Waals surface area contributed by atoms with Crippen molar-refractivity contribution in [1.29, 1.82) is 5.41 Å². The highest BCUT2D eigenvalue weighted by Crippen LogP contribution is 2.32. The Morgan fingerprint density at radius 2 is 1.49 bits per heavy atom. The van der Waals surface area contributed by atoms with Crippen LogP contribution in [0.2, 0.25) is 0 Å². The number of nitrogens with zero attached hydrogens (tertiary/aromatic N) is 3. The van der Waals surface area contributed by atoms with E-state index < -0.39 is 0 Å². The minimum atomic E-state index is -0.263. The lowest BCUT2D eigenvalue weighted by molar-refractivity contribution is -0.189. The Kier molecular flexibility index (Phi) is 11.2. The second-order valence-corrected chi connectivity index (χ2v) is 12.6. The van der Waals surface area contributed by atoms with Crippen LogP contribution in [0.1, 0.15) is 110 Å². The van der Waals surface area contributed by atoms with E-state index in [1.54, 1.807) is 0 Å². The van der Waals surface area contributed by atoms with Gasteiger partial charge in [-0.3, -0.25) is 0 Å². The molecule has 8 heteroatoms. The third kappa shape index (κ3) is 8.09. The van der Waals surface area contributed by atoms with Crippen molar-refractivity contribution in [3.63, 3.8) is 0 Å². The van der Waals surface area contributed by atoms with Gasteiger partial charge >= 0.3 is 0 Å². The number of rotatable bonds is 7. The first-order valence-electron chi connectivity index (χ1n) is 16.0. The Labute approximate surface area is 234 Å². The van der Waals surface area contributed by atoms with Crippen molar-refractivity contribution in [3.8, 4) is 0 Å². The van der Waals surface area contributed by atoms with E-state index in [2.05, 4.69) is 23.9 Å². The predicted molar refractivity (Wildman–Crippen MR) is 151 cm³/mol. The van der Waals surface area contributed by atoms with E-state index in [1.165, 1.54) is 32.1 Å². The van der Waals surface area contributed by atoms with Gasteiger partial charge in [0.15, 0.2) is 0 Å². The van der Waals surface area contributed by atoms with Crippen LogP contribution in [0.15, 0.2) is 15.0 Å². The average Bonchev–Trinajstić information content (AvgIpc) is 3.00. The zero-order chi connectivity index (χ0) is 26.9. The molecule has 218 valence electrons. The van der Waals surface area contributed by atoms with Gasteiger partial charge in [-0.1, -0.05) is 58.3 Å². The van der Waals surface area contributed by atoms with Crippen molar-refractivity contribution in [3.05, 3.63) is 0 Å². The summed E-state index contributed by atoms with van der Waals surface area (Å²) in [6.45, 7) is 3.28. The van der Waals surface area contributed by atoms with Gasteiger partial charge in [0.05, 0.1) is 67.8 Å². The maximum Gasteiger partial charge on any atom is 0.110 e. The van der Waals surface area contributed by atoms with Gasteiger partial charge < -0.3 is 18.9 Å². The number of nitrogens with one attached hydrogen (secondary N) is 1. The minimum absolute atomic E-state index is 0.0108. The van der Waals surface area contributed by atoms with Crippen molar-refractivity contribution in [2.45, 2.75) is 164 Å². The summed E-state index contributed by atoms with van der Waals surface area (Å²) in [4.78, 5) is 13.9. The Balaban J connectivity index is 1.38. The Bertz CT molecular complexity index is 873. The molecule has 0 spiro atoms. The van der Waals surface area contributed by atoms with E-state index in [0.717, 1.165) is 70.6 Å². The summed E-state index contributed by atoms with van der Waals surface area (Å²) in [5, 5.41) is 7.48. The zero-order valence-corrected chi connectivity index (χ0v) is 24.0. The van der Waals surface area contributed by atoms with E-state index >= 15 is 0 Å². The first-order chi connectivity index (χ1) is 19.2. The normalized spacial score (nSPS) is 40.4. The number of hydrogen-bond acceptors (Lipinski definition) is 8. The average molecular weight is 543 g/mol. The maximum atomic E-state index is 7.48. The maximum absolute atomic E-state index is 7.48. The van der Waals surface area contributed by atoms with Crippen LogP contribution in [0.5, 0.6) is 0 Å². The topological polar surface area (TPSA) is 97.9 Å². The monoisotopic (exact) mass is 542 g/mol. The van der Waals surface area contributed by atoms with Gasteiger partial charge in [-0.05, 0) is 57.3 Å². The van der Waals surface area contributed by atoms with Gasteiger partial charge in [-0.25, -0.2) is 20.4 Å². The number of hydrogen-bond donors (Lipinski definition) is 1. The fourth-order valence-corrected chi connectivity index (χ4v) is 7.34. The molecule has 4 aliphatic carbocycles. The molecule has 4 fully saturated rings. The number of fused-ring (bicyclic) bond motifs is 2. The van der Waals surface area contributed by atoms with Gasteiger partial charge in [0.2, 0.25) is 0 Å². The van der Waals surface area contributed by atoms with Gasteiger partial charge in [0, 0.05) is 0 Å². The highest BCUT2D eigenvalue weighted by molar-refractivity contribution is 5.42. The molecule has 10 unspecified atom stereocenters. The minimum Gasteiger partial charge on any atom is -0.375 e. The van der Waals surface area contributed by atoms with Crippen LogP contribution in [0.4, 0.5) is 0 Å². The van der Waals surface area contributed by atoms with Gasteiger partial charge in [0.25, 0.3) is 0 Å². The van der Waals surface area contributed by atoms with Gasteiger partial charge in [-0.2, -0.15) is 0 Å². The molecule has 0 bridgehead atoms. The van der Waals surface area contributed by atoms with Crippen LogP contribution in [-0.2, 0) is 18.9 Å². The summed E-state index contributed by atoms with van der Waals surface area (Å²) in [7, 11) is 0. The molecule has 39 heavy (non-hydrogen) atoms. The summed E-state index contributed by atoms with van der Waals surface area (Å²) in [6.07, 6.45) is 17.4. The predicted octanol–water partition coefficient (Wildman–Crippen LogP) is 6.24. The highest BCUT2D eigenvalue weighted by atomic mass is 16.6. The van der Waals surface area contributed by atoms with Crippen molar-refractivity contribution in [2.24, 2.45) is 20.9 Å². The highest BCUT2D eigenvalue weighted by Gasteiger charge is 2.38. The Morgan fingerprint density at radius 1 is 0.846 bits per heavy atom. The standard InChI is InChI=1S/C31H50N4O4/c1-22-10-2-6-14-26(22)36-18-30(38-28-16-8-4-12-24(28)33-20-32)31-19-37-27-15-7-3-11-23(27)34-21-35-25-13-5-9-17-29(25)39-31/h22-32H,2-19H2,1H3. The number of aliphatic imine (C=N–C) groups is 3. The van der Waals surface area contributed by atoms with Crippen LogP contribution in [-0.4, -0.2) is 80.0 Å². The zero-order valence-electron chi connectivity index (χ0n) is 24.0. The van der Waals surface area contributed by atoms with E-state index in [4.69, 9.17) is 34.3 Å². The summed E-state index contributed by atoms with van der Waals surface area (Å²) in [6, 6.07) is 5.54. The molecule has 0 amide bonds. The Morgan fingerprint density at radius 3 is 2.26 bits per heavy atom. The summed E-state index contributed by atoms with van der Waals surface area (Å²) in [5.41, 5.74) is 0. The van der Waals surface area contributed by atoms with Crippen LogP contribution < -0.4 is 0 Å². The second kappa shape index (κ2) is 15.0. The molecule has 1 N–H and O–H groups in total. The quantitative estimate of drug-likeness (QED) is 0.385. The SMILES string of the molecule is CC1CCCCC1OCC(OC1CCCCC1N=C=N)C1COC2CCCCC2N=C=NC2CCCCC2O1. The van der Waals surface area contributed by atoms with E-state index in [0.29, 0.717) is 19.1 Å². The van der Waals surface area contributed by atoms with Crippen molar-refractivity contribution in [1.82, 2.24) is 0 Å². The molecule has 4 saturated carbocycles. The van der Waals surface area contributed by atoms with Crippen molar-refractivity contribution < 1.29 is 18.9 Å². The van der Waals surface area contributed by atoms with Crippen molar-refractivity contribution >= 4 is 12.0 Å². The van der Waals surface area contributed by atoms with Crippen LogP contribution in [0, 0.1) is 11.3 Å². The summed E-state index contributed by atoms with van der Waals surface area (Å²) < 4.78 is 27.1. The summed E-state index contributed by atoms with van der Waals surface area (Å²) >= 11 is 0. The van der Waals surface area contributed by atoms with Crippen LogP contribution in [0.3, 0.4) is 0 Å². The molecule has 5 aliphatic rings. The molecule has 0 aromatic rings. The van der Waals surface area contributed by atoms with E-state index in [1.807, 2.05) is 0 Å². The van der Waals surface area contributed by atoms with Crippen LogP contribution in [0.25, 0.3) is 0 Å². The Hall–Kier alpha value is -1.40. The fourth-order valence-electron chi connectivity index (χ4n) is 7.34. The molecule has 1 heterocycles. The first kappa shape index (κ1) is 29.1. The third-order valence-electron chi connectivity index (χ3n) is 9.78. The molecule has 10 atom stereocenters. The molecule has 8 nitrogen and oxygen atoms in total. The largest absolute Gasteiger partial charge is 0.375 e.